The van der Waals surface area contributed by atoms with Crippen LogP contribution in [0.5, 0.6) is 11.5 Å². The van der Waals surface area contributed by atoms with Gasteiger partial charge in [0.05, 0.1) is 42.4 Å². The molecule has 1 aliphatic heterocycles. The molecule has 0 unspecified atom stereocenters. The third kappa shape index (κ3) is 7.45. The SMILES string of the molecule is CCOc1cc(/C=N\NC(=O)C(=O)NCc2ccco2)cc(I)c1OCC(=O)N1CCOCC1. The predicted molar refractivity (Wildman–Crippen MR) is 130 cm³/mol. The summed E-state index contributed by atoms with van der Waals surface area (Å²) < 4.78 is 22.5. The van der Waals surface area contributed by atoms with Gasteiger partial charge in [0.2, 0.25) is 0 Å². The van der Waals surface area contributed by atoms with E-state index in [1.807, 2.05) is 6.92 Å². The lowest BCUT2D eigenvalue weighted by Crippen LogP contribution is -2.43. The average molecular weight is 584 g/mol. The molecule has 0 saturated carbocycles. The minimum atomic E-state index is -0.913. The molecule has 1 aromatic carbocycles. The van der Waals surface area contributed by atoms with Crippen molar-refractivity contribution in [3.05, 3.63) is 45.4 Å². The minimum absolute atomic E-state index is 0.0916. The van der Waals surface area contributed by atoms with Crippen LogP contribution in [0.2, 0.25) is 0 Å². The molecule has 0 bridgehead atoms. The number of nitrogens with zero attached hydrogens (tertiary/aromatic N) is 2. The first kappa shape index (κ1) is 25.5. The number of hydrogen-bond donors (Lipinski definition) is 2. The third-order valence-electron chi connectivity index (χ3n) is 4.62. The van der Waals surface area contributed by atoms with Gasteiger partial charge in [0.1, 0.15) is 5.76 Å². The summed E-state index contributed by atoms with van der Waals surface area (Å²) in [6.07, 6.45) is 2.85. The zero-order chi connectivity index (χ0) is 24.3. The summed E-state index contributed by atoms with van der Waals surface area (Å²) in [5, 5.41) is 6.26. The van der Waals surface area contributed by atoms with E-state index in [2.05, 4.69) is 38.4 Å². The van der Waals surface area contributed by atoms with Crippen LogP contribution in [0.15, 0.2) is 40.0 Å². The van der Waals surface area contributed by atoms with Gasteiger partial charge in [0.25, 0.3) is 5.91 Å². The Morgan fingerprint density at radius 3 is 2.71 bits per heavy atom. The number of ether oxygens (including phenoxy) is 3. The van der Waals surface area contributed by atoms with Gasteiger partial charge < -0.3 is 28.8 Å². The fourth-order valence-electron chi connectivity index (χ4n) is 2.98. The maximum atomic E-state index is 12.4. The largest absolute Gasteiger partial charge is 0.490 e. The number of benzene rings is 1. The first-order chi connectivity index (χ1) is 16.5. The van der Waals surface area contributed by atoms with Gasteiger partial charge >= 0.3 is 11.8 Å². The quantitative estimate of drug-likeness (QED) is 0.197. The van der Waals surface area contributed by atoms with Crippen LogP contribution >= 0.6 is 22.6 Å². The number of nitrogens with one attached hydrogen (secondary N) is 2. The van der Waals surface area contributed by atoms with Crippen LogP contribution in [0.25, 0.3) is 0 Å². The Balaban J connectivity index is 1.57. The highest BCUT2D eigenvalue weighted by molar-refractivity contribution is 14.1. The highest BCUT2D eigenvalue weighted by Gasteiger charge is 2.19. The molecule has 11 nitrogen and oxygen atoms in total. The van der Waals surface area contributed by atoms with Crippen LogP contribution < -0.4 is 20.2 Å². The van der Waals surface area contributed by atoms with Gasteiger partial charge in [0.15, 0.2) is 18.1 Å². The van der Waals surface area contributed by atoms with E-state index in [0.29, 0.717) is 59.3 Å². The van der Waals surface area contributed by atoms with Crippen molar-refractivity contribution in [3.63, 3.8) is 0 Å². The van der Waals surface area contributed by atoms with Gasteiger partial charge in [-0.3, -0.25) is 14.4 Å². The molecule has 1 aromatic heterocycles. The standard InChI is InChI=1S/C22H25IN4O7/c1-2-32-18-11-15(12-25-26-22(30)21(29)24-13-16-4-3-7-33-16)10-17(23)20(18)34-14-19(28)27-5-8-31-9-6-27/h3-4,7,10-12H,2,5-6,8-9,13-14H2,1H3,(H,24,29)(H,26,30)/b25-12-. The van der Waals surface area contributed by atoms with Crippen LogP contribution in [0, 0.1) is 3.57 Å². The first-order valence-corrected chi connectivity index (χ1v) is 11.6. The van der Waals surface area contributed by atoms with Gasteiger partial charge in [-0.05, 0) is 59.3 Å². The summed E-state index contributed by atoms with van der Waals surface area (Å²) >= 11 is 2.07. The molecule has 1 aliphatic rings. The molecule has 0 atom stereocenters. The number of hydrazone groups is 1. The van der Waals surface area contributed by atoms with E-state index in [0.717, 1.165) is 0 Å². The average Bonchev–Trinajstić information content (AvgIpc) is 3.36. The smallest absolute Gasteiger partial charge is 0.329 e. The van der Waals surface area contributed by atoms with Gasteiger partial charge in [-0.15, -0.1) is 0 Å². The molecule has 3 amide bonds. The number of halogens is 1. The molecule has 2 aromatic rings. The Labute approximate surface area is 209 Å². The van der Waals surface area contributed by atoms with Crippen molar-refractivity contribution in [2.45, 2.75) is 13.5 Å². The number of rotatable bonds is 9. The monoisotopic (exact) mass is 584 g/mol. The Kier molecular flexibility index (Phi) is 9.70. The normalized spacial score (nSPS) is 13.5. The second-order valence-corrected chi connectivity index (χ2v) is 8.17. The molecule has 182 valence electrons. The first-order valence-electron chi connectivity index (χ1n) is 10.6. The van der Waals surface area contributed by atoms with Crippen LogP contribution in [0.3, 0.4) is 0 Å². The van der Waals surface area contributed by atoms with E-state index >= 15 is 0 Å². The van der Waals surface area contributed by atoms with Gasteiger partial charge in [-0.1, -0.05) is 0 Å². The van der Waals surface area contributed by atoms with Crippen molar-refractivity contribution in [1.82, 2.24) is 15.6 Å². The molecule has 1 saturated heterocycles. The molecule has 3 rings (SSSR count). The topological polar surface area (TPSA) is 132 Å². The van der Waals surface area contributed by atoms with Crippen LogP contribution in [0.1, 0.15) is 18.2 Å². The fourth-order valence-corrected chi connectivity index (χ4v) is 3.76. The van der Waals surface area contributed by atoms with Crippen molar-refractivity contribution < 1.29 is 33.0 Å². The van der Waals surface area contributed by atoms with Crippen LogP contribution in [0.4, 0.5) is 0 Å². The third-order valence-corrected chi connectivity index (χ3v) is 5.43. The second kappa shape index (κ2) is 12.9. The van der Waals surface area contributed by atoms with Crippen molar-refractivity contribution in [1.29, 1.82) is 0 Å². The molecule has 0 aliphatic carbocycles. The molecule has 2 N–H and O–H groups in total. The van der Waals surface area contributed by atoms with E-state index in [4.69, 9.17) is 18.6 Å². The highest BCUT2D eigenvalue weighted by Crippen LogP contribution is 2.34. The summed E-state index contributed by atoms with van der Waals surface area (Å²) in [5.74, 6) is -0.469. The fraction of sp³-hybridized carbons (Fsp3) is 0.364. The van der Waals surface area contributed by atoms with Crippen molar-refractivity contribution in [3.8, 4) is 11.5 Å². The van der Waals surface area contributed by atoms with E-state index in [9.17, 15) is 14.4 Å². The zero-order valence-corrected chi connectivity index (χ0v) is 20.7. The number of carbonyl (C=O) groups is 3. The number of carbonyl (C=O) groups excluding carboxylic acids is 3. The lowest BCUT2D eigenvalue weighted by Gasteiger charge is -2.27. The summed E-state index contributed by atoms with van der Waals surface area (Å²) in [7, 11) is 0. The number of furan rings is 1. The van der Waals surface area contributed by atoms with Crippen molar-refractivity contribution >= 4 is 46.5 Å². The number of amides is 3. The van der Waals surface area contributed by atoms with E-state index in [1.165, 1.54) is 12.5 Å². The van der Waals surface area contributed by atoms with Gasteiger partial charge in [-0.25, -0.2) is 5.43 Å². The van der Waals surface area contributed by atoms with Gasteiger partial charge in [0, 0.05) is 13.1 Å². The lowest BCUT2D eigenvalue weighted by molar-refractivity contribution is -0.139. The number of hydrogen-bond acceptors (Lipinski definition) is 8. The zero-order valence-electron chi connectivity index (χ0n) is 18.5. The summed E-state index contributed by atoms with van der Waals surface area (Å²) in [6.45, 7) is 4.31. The maximum Gasteiger partial charge on any atom is 0.329 e. The predicted octanol–water partition coefficient (Wildman–Crippen LogP) is 1.29. The van der Waals surface area contributed by atoms with Gasteiger partial charge in [-0.2, -0.15) is 5.10 Å². The second-order valence-electron chi connectivity index (χ2n) is 7.01. The molecule has 34 heavy (non-hydrogen) atoms. The van der Waals surface area contributed by atoms with Crippen LogP contribution in [-0.4, -0.2) is 68.4 Å². The van der Waals surface area contributed by atoms with E-state index in [-0.39, 0.29) is 19.1 Å². The van der Waals surface area contributed by atoms with Crippen molar-refractivity contribution in [2.24, 2.45) is 5.10 Å². The molecular formula is C22H25IN4O7. The Bertz CT molecular complexity index is 1020. The minimum Gasteiger partial charge on any atom is -0.490 e. The molecule has 1 fully saturated rings. The molecule has 2 heterocycles. The maximum absolute atomic E-state index is 12.4. The summed E-state index contributed by atoms with van der Waals surface area (Å²) in [5.41, 5.74) is 2.78. The summed E-state index contributed by atoms with van der Waals surface area (Å²) in [6, 6.07) is 6.79. The lowest BCUT2D eigenvalue weighted by atomic mass is 10.2. The Hall–Kier alpha value is -3.13. The van der Waals surface area contributed by atoms with E-state index < -0.39 is 11.8 Å². The Morgan fingerprint density at radius 2 is 2.00 bits per heavy atom. The van der Waals surface area contributed by atoms with Crippen molar-refractivity contribution in [2.75, 3.05) is 39.5 Å². The van der Waals surface area contributed by atoms with Crippen LogP contribution in [-0.2, 0) is 25.7 Å². The van der Waals surface area contributed by atoms with E-state index in [1.54, 1.807) is 29.2 Å². The summed E-state index contributed by atoms with van der Waals surface area (Å²) in [4.78, 5) is 37.8. The Morgan fingerprint density at radius 1 is 1.21 bits per heavy atom. The molecular weight excluding hydrogens is 559 g/mol. The number of morpholine rings is 1. The molecule has 0 spiro atoms. The molecule has 12 heteroatoms. The molecule has 0 radical (unpaired) electrons. The highest BCUT2D eigenvalue weighted by atomic mass is 127.